The van der Waals surface area contributed by atoms with E-state index >= 15 is 0 Å². The van der Waals surface area contributed by atoms with Crippen molar-refractivity contribution in [3.8, 4) is 16.9 Å². The molecule has 0 heterocycles. The molecule has 34 heavy (non-hydrogen) atoms. The average molecular weight is 461 g/mol. The van der Waals surface area contributed by atoms with Gasteiger partial charge >= 0.3 is 12.0 Å². The van der Waals surface area contributed by atoms with Gasteiger partial charge in [-0.3, -0.25) is 4.90 Å². The lowest BCUT2D eigenvalue weighted by atomic mass is 10.0. The van der Waals surface area contributed by atoms with E-state index < -0.39 is 5.97 Å². The molecule has 3 aromatic rings. The number of nitrogens with zero attached hydrogens (tertiary/aromatic N) is 1. The van der Waals surface area contributed by atoms with Crippen molar-refractivity contribution in [2.45, 2.75) is 13.8 Å². The molecule has 0 aromatic heterocycles. The summed E-state index contributed by atoms with van der Waals surface area (Å²) in [5.41, 5.74) is 3.99. The normalized spacial score (nSPS) is 11.0. The van der Waals surface area contributed by atoms with Crippen LogP contribution in [0.25, 0.3) is 17.2 Å². The van der Waals surface area contributed by atoms with Crippen LogP contribution in [0.1, 0.15) is 19.4 Å². The molecule has 0 bridgehead atoms. The molecule has 7 heteroatoms. The molecular formula is C27H28N2O5. The van der Waals surface area contributed by atoms with Crippen LogP contribution < -0.4 is 15.0 Å². The van der Waals surface area contributed by atoms with Crippen molar-refractivity contribution in [3.05, 3.63) is 84.1 Å². The van der Waals surface area contributed by atoms with Crippen LogP contribution in [0.3, 0.4) is 0 Å². The van der Waals surface area contributed by atoms with E-state index in [0.717, 1.165) is 28.1 Å². The van der Waals surface area contributed by atoms with Crippen molar-refractivity contribution >= 4 is 29.5 Å². The molecule has 0 spiro atoms. The number of carboxylic acid groups (broad SMARTS) is 1. The Bertz CT molecular complexity index is 1150. The highest BCUT2D eigenvalue weighted by Crippen LogP contribution is 2.26. The number of anilines is 2. The summed E-state index contributed by atoms with van der Waals surface area (Å²) in [6.07, 6.45) is 1.49. The zero-order chi connectivity index (χ0) is 24.5. The second-order valence-corrected chi connectivity index (χ2v) is 7.37. The lowest BCUT2D eigenvalue weighted by Gasteiger charge is -2.19. The minimum absolute atomic E-state index is 0.0996. The molecule has 3 rings (SSSR count). The van der Waals surface area contributed by atoms with Crippen LogP contribution >= 0.6 is 0 Å². The summed E-state index contributed by atoms with van der Waals surface area (Å²) >= 11 is 0. The zero-order valence-corrected chi connectivity index (χ0v) is 19.4. The van der Waals surface area contributed by atoms with E-state index in [2.05, 4.69) is 5.32 Å². The summed E-state index contributed by atoms with van der Waals surface area (Å²) in [4.78, 5) is 25.5. The molecule has 0 atom stereocenters. The smallest absolute Gasteiger partial charge is 0.371 e. The summed E-state index contributed by atoms with van der Waals surface area (Å²) in [7, 11) is 1.71. The van der Waals surface area contributed by atoms with Crippen LogP contribution in [0.5, 0.6) is 5.75 Å². The third-order valence-corrected chi connectivity index (χ3v) is 5.01. The first-order valence-electron chi connectivity index (χ1n) is 11.0. The number of aliphatic carboxylic acids is 1. The number of carboxylic acids is 1. The van der Waals surface area contributed by atoms with Gasteiger partial charge in [0.05, 0.1) is 13.2 Å². The zero-order valence-electron chi connectivity index (χ0n) is 19.4. The molecule has 0 radical (unpaired) electrons. The number of carbonyl (C=O) groups excluding carboxylic acids is 1. The molecule has 0 fully saturated rings. The van der Waals surface area contributed by atoms with Gasteiger partial charge in [-0.25, -0.2) is 9.59 Å². The summed E-state index contributed by atoms with van der Waals surface area (Å²) in [5, 5.41) is 12.1. The van der Waals surface area contributed by atoms with Crippen molar-refractivity contribution in [1.82, 2.24) is 0 Å². The molecular weight excluding hydrogens is 432 g/mol. The van der Waals surface area contributed by atoms with Gasteiger partial charge in [0, 0.05) is 18.4 Å². The first kappa shape index (κ1) is 24.4. The minimum atomic E-state index is -1.11. The molecule has 0 aliphatic carbocycles. The van der Waals surface area contributed by atoms with E-state index in [-0.39, 0.29) is 18.4 Å². The Kier molecular flexibility index (Phi) is 8.29. The second-order valence-electron chi connectivity index (χ2n) is 7.37. The summed E-state index contributed by atoms with van der Waals surface area (Å²) < 4.78 is 10.6. The first-order chi connectivity index (χ1) is 16.4. The van der Waals surface area contributed by atoms with Crippen LogP contribution in [0.4, 0.5) is 16.2 Å². The van der Waals surface area contributed by atoms with Crippen LogP contribution in [-0.2, 0) is 9.53 Å². The van der Waals surface area contributed by atoms with Crippen molar-refractivity contribution in [3.63, 3.8) is 0 Å². The number of rotatable bonds is 9. The fourth-order valence-electron chi connectivity index (χ4n) is 3.26. The van der Waals surface area contributed by atoms with Crippen LogP contribution in [0.15, 0.2) is 78.6 Å². The van der Waals surface area contributed by atoms with Gasteiger partial charge in [0.25, 0.3) is 0 Å². The van der Waals surface area contributed by atoms with Gasteiger partial charge in [-0.05, 0) is 73.0 Å². The molecule has 0 saturated heterocycles. The van der Waals surface area contributed by atoms with E-state index in [1.807, 2.05) is 67.6 Å². The van der Waals surface area contributed by atoms with Crippen LogP contribution in [0, 0.1) is 0 Å². The number of hydrogen-bond acceptors (Lipinski definition) is 4. The molecule has 7 nitrogen and oxygen atoms in total. The van der Waals surface area contributed by atoms with E-state index in [0.29, 0.717) is 12.3 Å². The Labute approximate surface area is 199 Å². The third kappa shape index (κ3) is 6.38. The van der Waals surface area contributed by atoms with E-state index in [9.17, 15) is 14.7 Å². The second kappa shape index (κ2) is 11.6. The van der Waals surface area contributed by atoms with Gasteiger partial charge < -0.3 is 19.9 Å². The molecule has 2 amide bonds. The Morgan fingerprint density at radius 3 is 2.26 bits per heavy atom. The molecule has 176 valence electrons. The maximum atomic E-state index is 12.7. The van der Waals surface area contributed by atoms with Gasteiger partial charge in [-0.2, -0.15) is 0 Å². The number of ether oxygens (including phenoxy) is 2. The van der Waals surface area contributed by atoms with Gasteiger partial charge in [0.1, 0.15) is 5.75 Å². The Hall–Kier alpha value is -4.26. The Balaban J connectivity index is 1.72. The SMILES string of the molecule is CCO/C(=C\c1ccc(-c2cccc(N(C)C(=O)Nc3ccc(OCC)cc3)c2)cc1)C(=O)O. The van der Waals surface area contributed by atoms with Crippen molar-refractivity contribution in [1.29, 1.82) is 0 Å². The van der Waals surface area contributed by atoms with Gasteiger partial charge in [0.2, 0.25) is 5.76 Å². The summed E-state index contributed by atoms with van der Waals surface area (Å²) in [5.74, 6) is -0.456. The number of urea groups is 1. The minimum Gasteiger partial charge on any atom is -0.494 e. The Morgan fingerprint density at radius 1 is 0.941 bits per heavy atom. The van der Waals surface area contributed by atoms with Gasteiger partial charge in [0.15, 0.2) is 0 Å². The highest BCUT2D eigenvalue weighted by molar-refractivity contribution is 6.01. The number of amides is 2. The fourth-order valence-corrected chi connectivity index (χ4v) is 3.26. The molecule has 0 aliphatic rings. The van der Waals surface area contributed by atoms with Crippen LogP contribution in [0.2, 0.25) is 0 Å². The number of nitrogens with one attached hydrogen (secondary N) is 1. The van der Waals surface area contributed by atoms with Crippen LogP contribution in [-0.4, -0.2) is 37.4 Å². The van der Waals surface area contributed by atoms with Crippen molar-refractivity contribution < 1.29 is 24.2 Å². The molecule has 3 aromatic carbocycles. The predicted molar refractivity (Wildman–Crippen MR) is 134 cm³/mol. The summed E-state index contributed by atoms with van der Waals surface area (Å²) in [6, 6.07) is 22.0. The van der Waals surface area contributed by atoms with Gasteiger partial charge in [-0.15, -0.1) is 0 Å². The highest BCUT2D eigenvalue weighted by Gasteiger charge is 2.12. The lowest BCUT2D eigenvalue weighted by Crippen LogP contribution is -2.31. The average Bonchev–Trinajstić information content (AvgIpc) is 2.85. The molecule has 2 N–H and O–H groups in total. The van der Waals surface area contributed by atoms with E-state index in [1.165, 1.54) is 11.0 Å². The number of carbonyl (C=O) groups is 2. The number of hydrogen-bond donors (Lipinski definition) is 2. The van der Waals surface area contributed by atoms with Crippen molar-refractivity contribution in [2.75, 3.05) is 30.5 Å². The predicted octanol–water partition coefficient (Wildman–Crippen LogP) is 5.88. The first-order valence-corrected chi connectivity index (χ1v) is 11.0. The molecule has 0 aliphatic heterocycles. The fraction of sp³-hybridized carbons (Fsp3) is 0.185. The largest absolute Gasteiger partial charge is 0.494 e. The topological polar surface area (TPSA) is 88.1 Å². The maximum Gasteiger partial charge on any atom is 0.371 e. The maximum absolute atomic E-state index is 12.7. The van der Waals surface area contributed by atoms with Gasteiger partial charge in [-0.1, -0.05) is 36.4 Å². The monoisotopic (exact) mass is 460 g/mol. The highest BCUT2D eigenvalue weighted by atomic mass is 16.5. The third-order valence-electron chi connectivity index (χ3n) is 5.01. The standard InChI is InChI=1S/C27H28N2O5/c1-4-33-24-15-13-22(14-16-24)28-27(32)29(3)23-8-6-7-21(18-23)20-11-9-19(10-12-20)17-25(26(30)31)34-5-2/h6-18H,4-5H2,1-3H3,(H,28,32)(H,30,31)/b25-17-. The van der Waals surface area contributed by atoms with E-state index in [4.69, 9.17) is 9.47 Å². The molecule has 0 saturated carbocycles. The lowest BCUT2D eigenvalue weighted by molar-refractivity contribution is -0.136. The molecule has 0 unspecified atom stereocenters. The Morgan fingerprint density at radius 2 is 1.65 bits per heavy atom. The summed E-state index contributed by atoms with van der Waals surface area (Å²) in [6.45, 7) is 4.52. The van der Waals surface area contributed by atoms with Crippen molar-refractivity contribution in [2.24, 2.45) is 0 Å². The van der Waals surface area contributed by atoms with E-state index in [1.54, 1.807) is 26.1 Å². The number of benzene rings is 3. The quantitative estimate of drug-likeness (QED) is 0.307.